The summed E-state index contributed by atoms with van der Waals surface area (Å²) < 4.78 is 5.44. The molecule has 1 amide bonds. The molecule has 2 aromatic carbocycles. The summed E-state index contributed by atoms with van der Waals surface area (Å²) >= 11 is 1.21. The van der Waals surface area contributed by atoms with E-state index in [1.807, 2.05) is 36.4 Å². The van der Waals surface area contributed by atoms with Crippen LogP contribution >= 0.6 is 11.8 Å². The highest BCUT2D eigenvalue weighted by Crippen LogP contribution is 2.42. The molecule has 2 aromatic rings. The maximum absolute atomic E-state index is 12.8. The first-order chi connectivity index (χ1) is 14.5. The van der Waals surface area contributed by atoms with E-state index < -0.39 is 23.4 Å². The topological polar surface area (TPSA) is 76.0 Å². The summed E-state index contributed by atoms with van der Waals surface area (Å²) in [6, 6.07) is 16.6. The predicted molar refractivity (Wildman–Crippen MR) is 115 cm³/mol. The van der Waals surface area contributed by atoms with Gasteiger partial charge in [-0.3, -0.25) is 14.6 Å². The zero-order valence-corrected chi connectivity index (χ0v) is 17.2. The Morgan fingerprint density at radius 1 is 1.13 bits per heavy atom. The third-order valence-corrected chi connectivity index (χ3v) is 6.20. The lowest BCUT2D eigenvalue weighted by molar-refractivity contribution is -0.161. The molecule has 1 saturated heterocycles. The number of fused-ring (bicyclic) bond motifs is 1. The molecule has 0 aliphatic carbocycles. The fourth-order valence-corrected chi connectivity index (χ4v) is 4.71. The first-order valence-electron chi connectivity index (χ1n) is 9.49. The molecule has 0 radical (unpaired) electrons. The van der Waals surface area contributed by atoms with E-state index >= 15 is 0 Å². The van der Waals surface area contributed by atoms with E-state index in [0.717, 1.165) is 5.56 Å². The van der Waals surface area contributed by atoms with Crippen molar-refractivity contribution in [3.8, 4) is 0 Å². The fraction of sp³-hybridized carbons (Fsp3) is 0.217. The lowest BCUT2D eigenvalue weighted by Crippen LogP contribution is -2.66. The van der Waals surface area contributed by atoms with Crippen LogP contribution in [0.3, 0.4) is 0 Å². The minimum atomic E-state index is -0.906. The van der Waals surface area contributed by atoms with Gasteiger partial charge in [0, 0.05) is 5.56 Å². The molecule has 4 rings (SSSR count). The molecule has 3 atom stereocenters. The van der Waals surface area contributed by atoms with Crippen LogP contribution < -0.4 is 0 Å². The van der Waals surface area contributed by atoms with Gasteiger partial charge in [0.2, 0.25) is 5.78 Å². The maximum atomic E-state index is 12.8. The summed E-state index contributed by atoms with van der Waals surface area (Å²) in [6.45, 7) is 5.67. The van der Waals surface area contributed by atoms with Crippen molar-refractivity contribution in [2.24, 2.45) is 4.99 Å². The first kappa shape index (κ1) is 20.1. The van der Waals surface area contributed by atoms with Gasteiger partial charge in [-0.15, -0.1) is 0 Å². The van der Waals surface area contributed by atoms with Gasteiger partial charge in [-0.1, -0.05) is 79.0 Å². The minimum absolute atomic E-state index is 0.112. The Balaban J connectivity index is 1.46. The van der Waals surface area contributed by atoms with E-state index in [-0.39, 0.29) is 23.3 Å². The number of amides is 1. The molecule has 0 saturated carbocycles. The number of ketones is 1. The van der Waals surface area contributed by atoms with Crippen LogP contribution in [-0.4, -0.2) is 45.1 Å². The molecular formula is C23H20N2O4S. The predicted octanol–water partition coefficient (Wildman–Crippen LogP) is 3.24. The van der Waals surface area contributed by atoms with Crippen LogP contribution in [0, 0.1) is 0 Å². The smallest absolute Gasteiger partial charge is 0.333 e. The van der Waals surface area contributed by atoms with Crippen molar-refractivity contribution >= 4 is 34.5 Å². The number of benzene rings is 2. The number of esters is 1. The van der Waals surface area contributed by atoms with Gasteiger partial charge < -0.3 is 9.64 Å². The number of thioether (sulfide) groups is 1. The summed E-state index contributed by atoms with van der Waals surface area (Å²) in [7, 11) is 0. The van der Waals surface area contributed by atoms with Crippen LogP contribution in [0.4, 0.5) is 0 Å². The van der Waals surface area contributed by atoms with Gasteiger partial charge in [0.15, 0.2) is 12.1 Å². The van der Waals surface area contributed by atoms with Crippen molar-refractivity contribution in [1.82, 2.24) is 4.90 Å². The third kappa shape index (κ3) is 3.68. The van der Waals surface area contributed by atoms with Gasteiger partial charge in [0.1, 0.15) is 17.0 Å². The number of carbonyl (C=O) groups is 3. The molecule has 3 unspecified atom stereocenters. The Bertz CT molecular complexity index is 1040. The van der Waals surface area contributed by atoms with Crippen molar-refractivity contribution in [2.45, 2.75) is 31.0 Å². The molecule has 152 valence electrons. The van der Waals surface area contributed by atoms with Gasteiger partial charge in [-0.2, -0.15) is 0 Å². The van der Waals surface area contributed by atoms with Crippen molar-refractivity contribution in [2.75, 3.05) is 0 Å². The molecule has 30 heavy (non-hydrogen) atoms. The molecule has 2 aliphatic heterocycles. The number of rotatable bonds is 7. The SMILES string of the molecule is C=C(C)C(C(=O)OCc1ccccc1)N1C(=O)C2N=C(C(=O)c3ccccc3)SC21. The number of Topliss-reactive ketones (excluding diaryl/α,β-unsaturated/α-hetero) is 1. The molecule has 6 nitrogen and oxygen atoms in total. The highest BCUT2D eigenvalue weighted by atomic mass is 32.2. The number of likely N-dealkylation sites (tertiary alicyclic amines) is 1. The number of hydrogen-bond acceptors (Lipinski definition) is 6. The van der Waals surface area contributed by atoms with Crippen molar-refractivity contribution < 1.29 is 19.1 Å². The van der Waals surface area contributed by atoms with Crippen LogP contribution in [0.15, 0.2) is 77.8 Å². The van der Waals surface area contributed by atoms with Crippen LogP contribution in [0.2, 0.25) is 0 Å². The second-order valence-corrected chi connectivity index (χ2v) is 8.28. The van der Waals surface area contributed by atoms with E-state index in [1.54, 1.807) is 31.2 Å². The molecule has 0 N–H and O–H groups in total. The highest BCUT2D eigenvalue weighted by Gasteiger charge is 2.57. The second-order valence-electron chi connectivity index (χ2n) is 7.17. The Hall–Kier alpha value is -3.19. The summed E-state index contributed by atoms with van der Waals surface area (Å²) in [5.74, 6) is -1.06. The number of ether oxygens (including phenoxy) is 1. The van der Waals surface area contributed by atoms with Gasteiger partial charge in [0.25, 0.3) is 5.91 Å². The Morgan fingerprint density at radius 2 is 1.77 bits per heavy atom. The standard InChI is InChI=1S/C23H20N2O4S/c1-14(2)18(23(28)29-13-15-9-5-3-6-10-15)25-21(27)17-22(25)30-20(24-17)19(26)16-11-7-4-8-12-16/h3-12,17-18,22H,1,13H2,2H3. The Kier molecular flexibility index (Phi) is 5.55. The van der Waals surface area contributed by atoms with E-state index in [4.69, 9.17) is 4.74 Å². The zero-order valence-electron chi connectivity index (χ0n) is 16.4. The van der Waals surface area contributed by atoms with Crippen molar-refractivity contribution in [3.63, 3.8) is 0 Å². The quantitative estimate of drug-likeness (QED) is 0.298. The van der Waals surface area contributed by atoms with E-state index in [0.29, 0.717) is 11.1 Å². The molecular weight excluding hydrogens is 400 g/mol. The highest BCUT2D eigenvalue weighted by molar-refractivity contribution is 8.16. The van der Waals surface area contributed by atoms with Gasteiger partial charge in [0.05, 0.1) is 0 Å². The monoisotopic (exact) mass is 420 g/mol. The number of β-lactam (4-membered cyclic amide) rings is 1. The Morgan fingerprint density at radius 3 is 2.40 bits per heavy atom. The molecule has 2 heterocycles. The van der Waals surface area contributed by atoms with Crippen molar-refractivity contribution in [3.05, 3.63) is 83.9 Å². The Labute approximate surface area is 178 Å². The fourth-order valence-electron chi connectivity index (χ4n) is 3.44. The molecule has 7 heteroatoms. The number of aliphatic imine (C=N–C) groups is 1. The minimum Gasteiger partial charge on any atom is -0.459 e. The van der Waals surface area contributed by atoms with E-state index in [1.165, 1.54) is 16.7 Å². The van der Waals surface area contributed by atoms with Gasteiger partial charge in [-0.25, -0.2) is 4.79 Å². The molecule has 2 aliphatic rings. The normalized spacial score (nSPS) is 20.6. The summed E-state index contributed by atoms with van der Waals surface area (Å²) in [5, 5.41) is -0.128. The van der Waals surface area contributed by atoms with E-state index in [2.05, 4.69) is 11.6 Å². The summed E-state index contributed by atoms with van der Waals surface area (Å²) in [6.07, 6.45) is 0. The lowest BCUT2D eigenvalue weighted by Gasteiger charge is -2.45. The number of nitrogens with zero attached hydrogens (tertiary/aromatic N) is 2. The van der Waals surface area contributed by atoms with Crippen LogP contribution in [0.25, 0.3) is 0 Å². The van der Waals surface area contributed by atoms with Gasteiger partial charge >= 0.3 is 5.97 Å². The molecule has 0 aromatic heterocycles. The average molecular weight is 420 g/mol. The first-order valence-corrected chi connectivity index (χ1v) is 10.4. The number of carbonyl (C=O) groups excluding carboxylic acids is 3. The largest absolute Gasteiger partial charge is 0.459 e. The average Bonchev–Trinajstić information content (AvgIpc) is 3.16. The third-order valence-electron chi connectivity index (χ3n) is 4.96. The van der Waals surface area contributed by atoms with Crippen molar-refractivity contribution in [1.29, 1.82) is 0 Å². The second kappa shape index (κ2) is 8.28. The van der Waals surface area contributed by atoms with E-state index in [9.17, 15) is 14.4 Å². The number of hydrogen-bond donors (Lipinski definition) is 0. The summed E-state index contributed by atoms with van der Waals surface area (Å²) in [4.78, 5) is 43.9. The molecule has 1 fully saturated rings. The van der Waals surface area contributed by atoms with Gasteiger partial charge in [-0.05, 0) is 18.1 Å². The lowest BCUT2D eigenvalue weighted by atomic mass is 10.00. The summed E-state index contributed by atoms with van der Waals surface area (Å²) in [5.41, 5.74) is 1.87. The molecule has 0 spiro atoms. The maximum Gasteiger partial charge on any atom is 0.333 e. The van der Waals surface area contributed by atoms with Crippen LogP contribution in [0.5, 0.6) is 0 Å². The molecule has 0 bridgehead atoms. The zero-order chi connectivity index (χ0) is 21.3. The van der Waals surface area contributed by atoms with Crippen LogP contribution in [0.1, 0.15) is 22.8 Å². The van der Waals surface area contributed by atoms with Crippen LogP contribution in [-0.2, 0) is 20.9 Å².